The highest BCUT2D eigenvalue weighted by molar-refractivity contribution is 5.81. The van der Waals surface area contributed by atoms with Gasteiger partial charge in [0, 0.05) is 18.8 Å². The lowest BCUT2D eigenvalue weighted by Gasteiger charge is -2.33. The first-order chi connectivity index (χ1) is 5.06. The molecule has 62 valence electrons. The van der Waals surface area contributed by atoms with Crippen molar-refractivity contribution >= 4 is 12.1 Å². The molecule has 0 aromatic heterocycles. The van der Waals surface area contributed by atoms with E-state index >= 15 is 0 Å². The first-order valence-electron chi connectivity index (χ1n) is 4.03. The van der Waals surface area contributed by atoms with E-state index in [0.29, 0.717) is 18.6 Å². The van der Waals surface area contributed by atoms with Gasteiger partial charge in [0.1, 0.15) is 12.1 Å². The van der Waals surface area contributed by atoms with E-state index in [9.17, 15) is 9.59 Å². The van der Waals surface area contributed by atoms with Gasteiger partial charge in [0.2, 0.25) is 0 Å². The topological polar surface area (TPSA) is 34.1 Å². The van der Waals surface area contributed by atoms with Gasteiger partial charge in [-0.2, -0.15) is 0 Å². The van der Waals surface area contributed by atoms with Crippen molar-refractivity contribution in [2.24, 2.45) is 11.3 Å². The molecule has 0 radical (unpaired) electrons. The molecule has 0 aromatic rings. The third-order valence-electron chi connectivity index (χ3n) is 2.56. The number of Topliss-reactive ketones (excluding diaryl/α,β-unsaturated/α-hetero) is 1. The largest absolute Gasteiger partial charge is 0.303 e. The predicted octanol–water partition coefficient (Wildman–Crippen LogP) is 1.58. The molecule has 0 heterocycles. The highest BCUT2D eigenvalue weighted by atomic mass is 16.1. The summed E-state index contributed by atoms with van der Waals surface area (Å²) in [7, 11) is 0. The molecule has 2 nitrogen and oxygen atoms in total. The summed E-state index contributed by atoms with van der Waals surface area (Å²) in [5.74, 6) is 0.383. The molecule has 1 saturated carbocycles. The van der Waals surface area contributed by atoms with Crippen molar-refractivity contribution in [3.05, 3.63) is 0 Å². The fourth-order valence-corrected chi connectivity index (χ4v) is 1.69. The van der Waals surface area contributed by atoms with Gasteiger partial charge in [-0.3, -0.25) is 4.79 Å². The number of hydrogen-bond donors (Lipinski definition) is 0. The lowest BCUT2D eigenvalue weighted by atomic mass is 9.69. The Morgan fingerprint density at radius 2 is 2.18 bits per heavy atom. The van der Waals surface area contributed by atoms with Crippen LogP contribution in [0, 0.1) is 11.3 Å². The molecule has 11 heavy (non-hydrogen) atoms. The number of rotatable bonds is 1. The Hall–Kier alpha value is -0.660. The first-order valence-corrected chi connectivity index (χ1v) is 4.03. The molecular formula is C9H14O2. The van der Waals surface area contributed by atoms with Crippen LogP contribution in [0.4, 0.5) is 0 Å². The van der Waals surface area contributed by atoms with Crippen molar-refractivity contribution in [1.29, 1.82) is 0 Å². The van der Waals surface area contributed by atoms with E-state index in [1.54, 1.807) is 0 Å². The molecular weight excluding hydrogens is 140 g/mol. The zero-order valence-electron chi connectivity index (χ0n) is 7.09. The molecule has 0 aliphatic heterocycles. The van der Waals surface area contributed by atoms with Crippen molar-refractivity contribution in [1.82, 2.24) is 0 Å². The fourth-order valence-electron chi connectivity index (χ4n) is 1.69. The summed E-state index contributed by atoms with van der Waals surface area (Å²) in [4.78, 5) is 21.6. The Morgan fingerprint density at radius 3 is 2.64 bits per heavy atom. The van der Waals surface area contributed by atoms with Gasteiger partial charge in [-0.25, -0.2) is 0 Å². The maximum absolute atomic E-state index is 11.0. The van der Waals surface area contributed by atoms with Crippen LogP contribution in [-0.2, 0) is 9.59 Å². The van der Waals surface area contributed by atoms with Crippen molar-refractivity contribution in [3.8, 4) is 0 Å². The summed E-state index contributed by atoms with van der Waals surface area (Å²) in [5, 5.41) is 0. The minimum absolute atomic E-state index is 0.0835. The normalized spacial score (nSPS) is 30.0. The summed E-state index contributed by atoms with van der Waals surface area (Å²) in [6.45, 7) is 3.98. The average Bonchev–Trinajstić information content (AvgIpc) is 1.85. The third-order valence-corrected chi connectivity index (χ3v) is 2.56. The monoisotopic (exact) mass is 154 g/mol. The van der Waals surface area contributed by atoms with Gasteiger partial charge < -0.3 is 4.79 Å². The quantitative estimate of drug-likeness (QED) is 0.537. The Labute approximate surface area is 67.0 Å². The van der Waals surface area contributed by atoms with Crippen molar-refractivity contribution < 1.29 is 9.59 Å². The van der Waals surface area contributed by atoms with Crippen LogP contribution in [0.2, 0.25) is 0 Å². The maximum atomic E-state index is 11.0. The Morgan fingerprint density at radius 1 is 1.55 bits per heavy atom. The van der Waals surface area contributed by atoms with Gasteiger partial charge in [-0.05, 0) is 11.8 Å². The van der Waals surface area contributed by atoms with Crippen molar-refractivity contribution in [2.45, 2.75) is 33.1 Å². The van der Waals surface area contributed by atoms with E-state index in [-0.39, 0.29) is 11.3 Å². The van der Waals surface area contributed by atoms with Crippen LogP contribution in [0.15, 0.2) is 0 Å². The molecule has 1 rings (SSSR count). The van der Waals surface area contributed by atoms with Crippen LogP contribution in [0.3, 0.4) is 0 Å². The predicted molar refractivity (Wildman–Crippen MR) is 42.2 cm³/mol. The standard InChI is InChI=1S/C9H14O2/c1-9(2)5-8(11)4-3-7(9)6-10/h6-7H,3-5H2,1-2H3. The van der Waals surface area contributed by atoms with Gasteiger partial charge in [0.05, 0.1) is 0 Å². The summed E-state index contributed by atoms with van der Waals surface area (Å²) < 4.78 is 0. The molecule has 1 atom stereocenters. The minimum Gasteiger partial charge on any atom is -0.303 e. The van der Waals surface area contributed by atoms with E-state index < -0.39 is 0 Å². The molecule has 0 bridgehead atoms. The first kappa shape index (κ1) is 8.44. The van der Waals surface area contributed by atoms with Gasteiger partial charge in [0.25, 0.3) is 0 Å². The van der Waals surface area contributed by atoms with Crippen molar-refractivity contribution in [2.75, 3.05) is 0 Å². The molecule has 1 unspecified atom stereocenters. The SMILES string of the molecule is CC1(C)CC(=O)CCC1C=O. The average molecular weight is 154 g/mol. The highest BCUT2D eigenvalue weighted by Crippen LogP contribution is 2.37. The van der Waals surface area contributed by atoms with E-state index in [1.165, 1.54) is 0 Å². The number of carbonyl (C=O) groups excluding carboxylic acids is 2. The summed E-state index contributed by atoms with van der Waals surface area (Å²) in [5.41, 5.74) is -0.100. The molecule has 1 aliphatic carbocycles. The zero-order valence-corrected chi connectivity index (χ0v) is 7.09. The van der Waals surface area contributed by atoms with Gasteiger partial charge >= 0.3 is 0 Å². The van der Waals surface area contributed by atoms with Crippen LogP contribution in [0.1, 0.15) is 33.1 Å². The lowest BCUT2D eigenvalue weighted by Crippen LogP contribution is -2.33. The van der Waals surface area contributed by atoms with Crippen LogP contribution in [0.25, 0.3) is 0 Å². The molecule has 2 heteroatoms. The van der Waals surface area contributed by atoms with Crippen LogP contribution in [0.5, 0.6) is 0 Å². The van der Waals surface area contributed by atoms with E-state index in [2.05, 4.69) is 0 Å². The Kier molecular flexibility index (Phi) is 2.12. The van der Waals surface area contributed by atoms with E-state index in [0.717, 1.165) is 12.7 Å². The van der Waals surface area contributed by atoms with E-state index in [1.807, 2.05) is 13.8 Å². The molecule has 1 aliphatic rings. The van der Waals surface area contributed by atoms with E-state index in [4.69, 9.17) is 0 Å². The second-order valence-electron chi connectivity index (χ2n) is 3.99. The highest BCUT2D eigenvalue weighted by Gasteiger charge is 2.35. The Balaban J connectivity index is 2.71. The molecule has 0 amide bonds. The van der Waals surface area contributed by atoms with Gasteiger partial charge in [-0.15, -0.1) is 0 Å². The minimum atomic E-state index is -0.100. The second-order valence-corrected chi connectivity index (χ2v) is 3.99. The van der Waals surface area contributed by atoms with Crippen LogP contribution in [-0.4, -0.2) is 12.1 Å². The summed E-state index contributed by atoms with van der Waals surface area (Å²) in [6, 6.07) is 0. The lowest BCUT2D eigenvalue weighted by molar-refractivity contribution is -0.127. The molecule has 0 N–H and O–H groups in total. The fraction of sp³-hybridized carbons (Fsp3) is 0.778. The molecule has 0 saturated heterocycles. The molecule has 0 aromatic carbocycles. The van der Waals surface area contributed by atoms with Crippen LogP contribution < -0.4 is 0 Å². The Bertz CT molecular complexity index is 182. The summed E-state index contributed by atoms with van der Waals surface area (Å²) in [6.07, 6.45) is 2.89. The summed E-state index contributed by atoms with van der Waals surface area (Å²) >= 11 is 0. The van der Waals surface area contributed by atoms with Gasteiger partial charge in [0.15, 0.2) is 0 Å². The zero-order chi connectivity index (χ0) is 8.48. The number of ketones is 1. The number of hydrogen-bond acceptors (Lipinski definition) is 2. The second kappa shape index (κ2) is 2.76. The van der Waals surface area contributed by atoms with Gasteiger partial charge in [-0.1, -0.05) is 13.8 Å². The third kappa shape index (κ3) is 1.67. The molecule has 0 spiro atoms. The number of aldehydes is 1. The van der Waals surface area contributed by atoms with Crippen LogP contribution >= 0.6 is 0 Å². The van der Waals surface area contributed by atoms with Crippen molar-refractivity contribution in [3.63, 3.8) is 0 Å². The molecule has 1 fully saturated rings. The number of carbonyl (C=O) groups is 2. The smallest absolute Gasteiger partial charge is 0.133 e. The maximum Gasteiger partial charge on any atom is 0.133 e.